The Morgan fingerprint density at radius 3 is 2.50 bits per heavy atom. The van der Waals surface area contributed by atoms with Crippen LogP contribution >= 0.6 is 0 Å². The molecule has 58 valence electrons. The molecule has 1 rings (SSSR count). The van der Waals surface area contributed by atoms with Gasteiger partial charge in [-0.3, -0.25) is 0 Å². The Labute approximate surface area is 58.4 Å². The van der Waals surface area contributed by atoms with E-state index in [1.54, 1.807) is 6.92 Å². The number of aliphatic hydroxyl groups is 1. The molecule has 0 bridgehead atoms. The molecule has 0 aromatic rings. The molecule has 0 aromatic carbocycles. The number of aliphatic hydroxyl groups excluding tert-OH is 1. The van der Waals surface area contributed by atoms with Crippen LogP contribution in [0, 0.1) is 0 Å². The molecule has 2 N–H and O–H groups in total. The zero-order valence-corrected chi connectivity index (χ0v) is 5.65. The van der Waals surface area contributed by atoms with Crippen molar-refractivity contribution in [3.8, 4) is 0 Å². The molecular weight excluding hydrogens is 136 g/mol. The summed E-state index contributed by atoms with van der Waals surface area (Å²) in [5.74, 6) is -0.997. The molecule has 4 nitrogen and oxygen atoms in total. The lowest BCUT2D eigenvalue weighted by Crippen LogP contribution is -2.19. The van der Waals surface area contributed by atoms with Gasteiger partial charge >= 0.3 is 5.97 Å². The van der Waals surface area contributed by atoms with Crippen molar-refractivity contribution in [3.63, 3.8) is 0 Å². The van der Waals surface area contributed by atoms with Crippen LogP contribution in [0.25, 0.3) is 0 Å². The third kappa shape index (κ3) is 1.27. The Morgan fingerprint density at radius 1 is 1.70 bits per heavy atom. The Hall–Kier alpha value is -0.610. The molecule has 10 heavy (non-hydrogen) atoms. The molecule has 1 heterocycles. The highest BCUT2D eigenvalue weighted by Crippen LogP contribution is 2.19. The van der Waals surface area contributed by atoms with Crippen LogP contribution in [0.3, 0.4) is 0 Å². The molecule has 0 spiro atoms. The lowest BCUT2D eigenvalue weighted by molar-refractivity contribution is -0.149. The van der Waals surface area contributed by atoms with E-state index >= 15 is 0 Å². The van der Waals surface area contributed by atoms with E-state index in [1.165, 1.54) is 0 Å². The first-order chi connectivity index (χ1) is 4.61. The van der Waals surface area contributed by atoms with E-state index in [1.807, 2.05) is 0 Å². The second-order valence-corrected chi connectivity index (χ2v) is 2.47. The van der Waals surface area contributed by atoms with Crippen LogP contribution in [0.5, 0.6) is 0 Å². The molecule has 0 amide bonds. The number of aliphatic carboxylic acids is 1. The fourth-order valence-corrected chi connectivity index (χ4v) is 0.975. The zero-order valence-electron chi connectivity index (χ0n) is 5.65. The van der Waals surface area contributed by atoms with E-state index in [0.717, 1.165) is 0 Å². The molecule has 4 heteroatoms. The summed E-state index contributed by atoms with van der Waals surface area (Å²) in [5, 5.41) is 17.4. The lowest BCUT2D eigenvalue weighted by Gasteiger charge is -2.04. The summed E-state index contributed by atoms with van der Waals surface area (Å²) in [6.07, 6.45) is -1.58. The van der Waals surface area contributed by atoms with E-state index in [-0.39, 0.29) is 12.5 Å². The first-order valence-electron chi connectivity index (χ1n) is 3.17. The monoisotopic (exact) mass is 146 g/mol. The first kappa shape index (κ1) is 7.50. The van der Waals surface area contributed by atoms with E-state index in [4.69, 9.17) is 14.9 Å². The van der Waals surface area contributed by atoms with Gasteiger partial charge in [0.25, 0.3) is 0 Å². The molecule has 0 aliphatic carbocycles. The van der Waals surface area contributed by atoms with Crippen LogP contribution in [0.2, 0.25) is 0 Å². The van der Waals surface area contributed by atoms with Gasteiger partial charge in [0.1, 0.15) is 0 Å². The average Bonchev–Trinajstić information content (AvgIpc) is 2.13. The van der Waals surface area contributed by atoms with Crippen LogP contribution in [0.1, 0.15) is 13.3 Å². The van der Waals surface area contributed by atoms with Crippen molar-refractivity contribution in [3.05, 3.63) is 0 Å². The molecule has 1 aliphatic rings. The summed E-state index contributed by atoms with van der Waals surface area (Å²) < 4.78 is 4.89. The molecule has 1 aliphatic heterocycles. The summed E-state index contributed by atoms with van der Waals surface area (Å²) in [7, 11) is 0. The second kappa shape index (κ2) is 2.56. The summed E-state index contributed by atoms with van der Waals surface area (Å²) in [5.41, 5.74) is 0. The van der Waals surface area contributed by atoms with Crippen LogP contribution in [-0.2, 0) is 9.53 Å². The molecule has 0 aromatic heterocycles. The Morgan fingerprint density at radius 2 is 2.30 bits per heavy atom. The Bertz CT molecular complexity index is 135. The standard InChI is InChI=1S/C6H10O4/c1-3-4(7)2-5(10-3)6(8)9/h3-5,7H,2H2,1H3,(H,8,9)/t3-,4+,5+/m1/s1. The quantitative estimate of drug-likeness (QED) is 0.528. The molecule has 1 saturated heterocycles. The summed E-state index contributed by atoms with van der Waals surface area (Å²) >= 11 is 0. The van der Waals surface area contributed by atoms with Gasteiger partial charge in [0.2, 0.25) is 0 Å². The number of rotatable bonds is 1. The predicted molar refractivity (Wildman–Crippen MR) is 32.6 cm³/mol. The zero-order chi connectivity index (χ0) is 7.72. The second-order valence-electron chi connectivity index (χ2n) is 2.47. The van der Waals surface area contributed by atoms with Gasteiger partial charge in [0.05, 0.1) is 12.2 Å². The summed E-state index contributed by atoms with van der Waals surface area (Å²) in [6.45, 7) is 1.66. The van der Waals surface area contributed by atoms with Crippen LogP contribution < -0.4 is 0 Å². The molecular formula is C6H10O4. The van der Waals surface area contributed by atoms with Crippen molar-refractivity contribution in [2.75, 3.05) is 0 Å². The minimum Gasteiger partial charge on any atom is -0.479 e. The highest BCUT2D eigenvalue weighted by Gasteiger charge is 2.34. The van der Waals surface area contributed by atoms with Gasteiger partial charge in [-0.2, -0.15) is 0 Å². The van der Waals surface area contributed by atoms with Crippen molar-refractivity contribution in [2.24, 2.45) is 0 Å². The molecule has 0 unspecified atom stereocenters. The Kier molecular flexibility index (Phi) is 1.92. The maximum absolute atomic E-state index is 10.3. The minimum atomic E-state index is -0.997. The molecule has 0 radical (unpaired) electrons. The summed E-state index contributed by atoms with van der Waals surface area (Å²) in [6, 6.07) is 0. The lowest BCUT2D eigenvalue weighted by atomic mass is 10.1. The molecule has 1 fully saturated rings. The van der Waals surface area contributed by atoms with Crippen LogP contribution in [0.15, 0.2) is 0 Å². The van der Waals surface area contributed by atoms with Gasteiger partial charge in [-0.15, -0.1) is 0 Å². The average molecular weight is 146 g/mol. The SMILES string of the molecule is C[C@H]1O[C@H](C(=O)O)C[C@@H]1O. The van der Waals surface area contributed by atoms with Crippen molar-refractivity contribution in [2.45, 2.75) is 31.7 Å². The Balaban J connectivity index is 2.49. The van der Waals surface area contributed by atoms with Gasteiger partial charge in [-0.1, -0.05) is 0 Å². The van der Waals surface area contributed by atoms with Crippen LogP contribution in [-0.4, -0.2) is 34.5 Å². The number of hydrogen-bond acceptors (Lipinski definition) is 3. The molecule has 0 saturated carbocycles. The third-order valence-corrected chi connectivity index (χ3v) is 1.65. The van der Waals surface area contributed by atoms with Crippen molar-refractivity contribution in [1.82, 2.24) is 0 Å². The van der Waals surface area contributed by atoms with E-state index in [9.17, 15) is 4.79 Å². The number of carboxylic acid groups (broad SMARTS) is 1. The maximum Gasteiger partial charge on any atom is 0.332 e. The van der Waals surface area contributed by atoms with Gasteiger partial charge in [-0.05, 0) is 6.92 Å². The fourth-order valence-electron chi connectivity index (χ4n) is 0.975. The normalized spacial score (nSPS) is 40.0. The van der Waals surface area contributed by atoms with Crippen LogP contribution in [0.4, 0.5) is 0 Å². The minimum absolute atomic E-state index is 0.205. The van der Waals surface area contributed by atoms with E-state index in [2.05, 4.69) is 0 Å². The smallest absolute Gasteiger partial charge is 0.332 e. The van der Waals surface area contributed by atoms with E-state index in [0.29, 0.717) is 0 Å². The number of carbonyl (C=O) groups is 1. The van der Waals surface area contributed by atoms with Crippen molar-refractivity contribution < 1.29 is 19.7 Å². The topological polar surface area (TPSA) is 66.8 Å². The van der Waals surface area contributed by atoms with Gasteiger partial charge < -0.3 is 14.9 Å². The largest absolute Gasteiger partial charge is 0.479 e. The summed E-state index contributed by atoms with van der Waals surface area (Å²) in [4.78, 5) is 10.3. The van der Waals surface area contributed by atoms with Gasteiger partial charge in [0, 0.05) is 6.42 Å². The van der Waals surface area contributed by atoms with Gasteiger partial charge in [-0.25, -0.2) is 4.79 Å². The first-order valence-corrected chi connectivity index (χ1v) is 3.17. The van der Waals surface area contributed by atoms with Crippen molar-refractivity contribution in [1.29, 1.82) is 0 Å². The maximum atomic E-state index is 10.3. The van der Waals surface area contributed by atoms with Crippen molar-refractivity contribution >= 4 is 5.97 Å². The number of ether oxygens (including phenoxy) is 1. The van der Waals surface area contributed by atoms with Gasteiger partial charge in [0.15, 0.2) is 6.10 Å². The fraction of sp³-hybridized carbons (Fsp3) is 0.833. The van der Waals surface area contributed by atoms with E-state index < -0.39 is 18.2 Å². The number of hydrogen-bond donors (Lipinski definition) is 2. The predicted octanol–water partition coefficient (Wildman–Crippen LogP) is -0.391. The highest BCUT2D eigenvalue weighted by molar-refractivity contribution is 5.72. The number of carboxylic acids is 1. The molecule has 3 atom stereocenters. The highest BCUT2D eigenvalue weighted by atomic mass is 16.5. The third-order valence-electron chi connectivity index (χ3n) is 1.65.